The third-order valence-electron chi connectivity index (χ3n) is 2.20. The van der Waals surface area contributed by atoms with Gasteiger partial charge >= 0.3 is 5.97 Å². The summed E-state index contributed by atoms with van der Waals surface area (Å²) in [6.45, 7) is 1.44. The van der Waals surface area contributed by atoms with Crippen molar-refractivity contribution in [2.75, 3.05) is 13.7 Å². The number of hydrogen-bond donors (Lipinski definition) is 1. The van der Waals surface area contributed by atoms with Gasteiger partial charge in [0.05, 0.1) is 7.11 Å². The molecule has 0 aliphatic heterocycles. The van der Waals surface area contributed by atoms with Gasteiger partial charge in [-0.2, -0.15) is 5.26 Å². The van der Waals surface area contributed by atoms with E-state index in [-0.39, 0.29) is 12.2 Å². The quantitative estimate of drug-likeness (QED) is 0.806. The number of carboxylic acids is 1. The molecule has 1 rings (SSSR count). The highest BCUT2D eigenvalue weighted by molar-refractivity contribution is 5.91. The summed E-state index contributed by atoms with van der Waals surface area (Å²) >= 11 is 0. The molecule has 0 unspecified atom stereocenters. The first kappa shape index (κ1) is 13.6. The number of hydrogen-bond acceptors (Lipinski definition) is 4. The number of benzene rings is 1. The van der Waals surface area contributed by atoms with E-state index in [1.165, 1.54) is 20.1 Å². The average molecular weight is 247 g/mol. The summed E-state index contributed by atoms with van der Waals surface area (Å²) in [4.78, 5) is 10.7. The molecule has 0 radical (unpaired) electrons. The van der Waals surface area contributed by atoms with Gasteiger partial charge in [-0.1, -0.05) is 6.07 Å². The largest absolute Gasteiger partial charge is 0.493 e. The highest BCUT2D eigenvalue weighted by Gasteiger charge is 2.06. The number of carbonyl (C=O) groups is 1. The van der Waals surface area contributed by atoms with E-state index in [0.717, 1.165) is 0 Å². The topological polar surface area (TPSA) is 79.6 Å². The first-order chi connectivity index (χ1) is 8.58. The Morgan fingerprint density at radius 3 is 2.78 bits per heavy atom. The van der Waals surface area contributed by atoms with E-state index in [2.05, 4.69) is 0 Å². The predicted molar refractivity (Wildman–Crippen MR) is 65.4 cm³/mol. The number of methoxy groups -OCH3 is 1. The first-order valence-corrected chi connectivity index (χ1v) is 5.18. The van der Waals surface area contributed by atoms with Crippen molar-refractivity contribution in [3.63, 3.8) is 0 Å². The Bertz CT molecular complexity index is 514. The molecule has 18 heavy (non-hydrogen) atoms. The van der Waals surface area contributed by atoms with Crippen molar-refractivity contribution in [3.8, 4) is 17.6 Å². The predicted octanol–water partition coefficient (Wildman–Crippen LogP) is 2.09. The number of carboxylic acid groups (broad SMARTS) is 1. The molecule has 1 aromatic carbocycles. The summed E-state index contributed by atoms with van der Waals surface area (Å²) in [6.07, 6.45) is 1.53. The minimum Gasteiger partial charge on any atom is -0.493 e. The van der Waals surface area contributed by atoms with E-state index in [4.69, 9.17) is 19.8 Å². The molecule has 0 aliphatic rings. The second-order valence-electron chi connectivity index (χ2n) is 3.49. The average Bonchev–Trinajstić information content (AvgIpc) is 2.36. The fraction of sp³-hybridized carbons (Fsp3) is 0.231. The summed E-state index contributed by atoms with van der Waals surface area (Å²) in [5.41, 5.74) is 0.916. The minimum atomic E-state index is -0.973. The Hall–Kier alpha value is -2.48. The van der Waals surface area contributed by atoms with Crippen LogP contribution in [0.2, 0.25) is 0 Å². The molecular weight excluding hydrogens is 234 g/mol. The Morgan fingerprint density at radius 2 is 2.22 bits per heavy atom. The van der Waals surface area contributed by atoms with Gasteiger partial charge in [0.1, 0.15) is 6.07 Å². The maximum absolute atomic E-state index is 10.7. The summed E-state index contributed by atoms with van der Waals surface area (Å²) in [7, 11) is 1.48. The molecule has 0 bridgehead atoms. The molecule has 5 nitrogen and oxygen atoms in total. The van der Waals surface area contributed by atoms with E-state index in [1.54, 1.807) is 18.2 Å². The van der Waals surface area contributed by atoms with Crippen LogP contribution in [0.5, 0.6) is 11.5 Å². The molecule has 0 spiro atoms. The third-order valence-corrected chi connectivity index (χ3v) is 2.20. The van der Waals surface area contributed by atoms with Gasteiger partial charge in [0.25, 0.3) is 0 Å². The SMILES string of the molecule is COc1cc(C=C(C)C(=O)O)ccc1OCC#N. The molecular formula is C13H13NO4. The maximum Gasteiger partial charge on any atom is 0.331 e. The minimum absolute atomic E-state index is 0.0697. The normalized spacial score (nSPS) is 10.6. The number of ether oxygens (including phenoxy) is 2. The Kier molecular flexibility index (Phi) is 4.76. The van der Waals surface area contributed by atoms with Crippen LogP contribution in [0.3, 0.4) is 0 Å². The smallest absolute Gasteiger partial charge is 0.331 e. The highest BCUT2D eigenvalue weighted by Crippen LogP contribution is 2.28. The van der Waals surface area contributed by atoms with Crippen LogP contribution in [0, 0.1) is 11.3 Å². The van der Waals surface area contributed by atoms with Crippen LogP contribution in [0.15, 0.2) is 23.8 Å². The van der Waals surface area contributed by atoms with Crippen LogP contribution in [0.25, 0.3) is 6.08 Å². The standard InChI is InChI=1S/C13H13NO4/c1-9(13(15)16)7-10-3-4-11(18-6-5-14)12(8-10)17-2/h3-4,7-8H,6H2,1-2H3,(H,15,16). The van der Waals surface area contributed by atoms with Crippen LogP contribution >= 0.6 is 0 Å². The summed E-state index contributed by atoms with van der Waals surface area (Å²) < 4.78 is 10.3. The van der Waals surface area contributed by atoms with Crippen LogP contribution < -0.4 is 9.47 Å². The van der Waals surface area contributed by atoms with E-state index < -0.39 is 5.97 Å². The lowest BCUT2D eigenvalue weighted by Gasteiger charge is -2.09. The van der Waals surface area contributed by atoms with Crippen molar-refractivity contribution in [2.45, 2.75) is 6.92 Å². The Morgan fingerprint density at radius 1 is 1.50 bits per heavy atom. The zero-order chi connectivity index (χ0) is 13.5. The van der Waals surface area contributed by atoms with Crippen molar-refractivity contribution in [3.05, 3.63) is 29.3 Å². The van der Waals surface area contributed by atoms with Crippen molar-refractivity contribution in [2.24, 2.45) is 0 Å². The second kappa shape index (κ2) is 6.30. The molecule has 0 aliphatic carbocycles. The van der Waals surface area contributed by atoms with E-state index >= 15 is 0 Å². The van der Waals surface area contributed by atoms with Crippen LogP contribution in [0.4, 0.5) is 0 Å². The summed E-state index contributed by atoms with van der Waals surface area (Å²) in [6, 6.07) is 6.85. The molecule has 94 valence electrons. The Labute approximate surface area is 105 Å². The highest BCUT2D eigenvalue weighted by atomic mass is 16.5. The van der Waals surface area contributed by atoms with Gasteiger partial charge in [0.15, 0.2) is 18.1 Å². The molecule has 5 heteroatoms. The van der Waals surface area contributed by atoms with Gasteiger partial charge in [0.2, 0.25) is 0 Å². The second-order valence-corrected chi connectivity index (χ2v) is 3.49. The van der Waals surface area contributed by atoms with Gasteiger partial charge in [-0.25, -0.2) is 4.79 Å². The van der Waals surface area contributed by atoms with Gasteiger partial charge in [0, 0.05) is 5.57 Å². The number of rotatable bonds is 5. The van der Waals surface area contributed by atoms with Gasteiger partial charge in [-0.3, -0.25) is 0 Å². The lowest BCUT2D eigenvalue weighted by Crippen LogP contribution is -1.98. The van der Waals surface area contributed by atoms with Crippen molar-refractivity contribution in [1.29, 1.82) is 5.26 Å². The van der Waals surface area contributed by atoms with Crippen LogP contribution in [0.1, 0.15) is 12.5 Å². The van der Waals surface area contributed by atoms with Crippen molar-refractivity contribution >= 4 is 12.0 Å². The molecule has 1 N–H and O–H groups in total. The zero-order valence-corrected chi connectivity index (χ0v) is 10.1. The van der Waals surface area contributed by atoms with E-state index in [9.17, 15) is 4.79 Å². The lowest BCUT2D eigenvalue weighted by molar-refractivity contribution is -0.132. The molecule has 0 aromatic heterocycles. The zero-order valence-electron chi connectivity index (χ0n) is 10.1. The van der Waals surface area contributed by atoms with Gasteiger partial charge < -0.3 is 14.6 Å². The van der Waals surface area contributed by atoms with Gasteiger partial charge in [-0.15, -0.1) is 0 Å². The number of nitrogens with zero attached hydrogens (tertiary/aromatic N) is 1. The van der Waals surface area contributed by atoms with Crippen molar-refractivity contribution < 1.29 is 19.4 Å². The van der Waals surface area contributed by atoms with E-state index in [0.29, 0.717) is 17.1 Å². The fourth-order valence-electron chi connectivity index (χ4n) is 1.31. The molecule has 0 atom stereocenters. The fourth-order valence-corrected chi connectivity index (χ4v) is 1.31. The molecule has 0 saturated carbocycles. The molecule has 0 fully saturated rings. The molecule has 0 heterocycles. The molecule has 0 amide bonds. The summed E-state index contributed by atoms with van der Waals surface area (Å²) in [5, 5.41) is 17.2. The number of nitriles is 1. The van der Waals surface area contributed by atoms with Crippen LogP contribution in [-0.4, -0.2) is 24.8 Å². The number of aliphatic carboxylic acids is 1. The van der Waals surface area contributed by atoms with E-state index in [1.807, 2.05) is 6.07 Å². The Balaban J connectivity index is 3.02. The molecule has 1 aromatic rings. The monoisotopic (exact) mass is 247 g/mol. The summed E-state index contributed by atoms with van der Waals surface area (Å²) in [5.74, 6) is -0.0693. The lowest BCUT2D eigenvalue weighted by atomic mass is 10.1. The maximum atomic E-state index is 10.7. The van der Waals surface area contributed by atoms with Crippen molar-refractivity contribution in [1.82, 2.24) is 0 Å². The van der Waals surface area contributed by atoms with Crippen LogP contribution in [-0.2, 0) is 4.79 Å². The third kappa shape index (κ3) is 3.52. The van der Waals surface area contributed by atoms with Gasteiger partial charge in [-0.05, 0) is 30.7 Å². The molecule has 0 saturated heterocycles. The first-order valence-electron chi connectivity index (χ1n) is 5.18.